The van der Waals surface area contributed by atoms with Gasteiger partial charge in [-0.1, -0.05) is 6.07 Å². The second-order valence-electron chi connectivity index (χ2n) is 3.89. The molecule has 4 heteroatoms. The Labute approximate surface area is 94.4 Å². The van der Waals surface area contributed by atoms with Gasteiger partial charge in [-0.25, -0.2) is 4.98 Å². The normalized spacial score (nSPS) is 13.1. The van der Waals surface area contributed by atoms with Gasteiger partial charge in [0, 0.05) is 13.5 Å². The predicted molar refractivity (Wildman–Crippen MR) is 63.2 cm³/mol. The lowest BCUT2D eigenvalue weighted by Gasteiger charge is -2.05. The molecule has 0 fully saturated rings. The number of nitrogens with two attached hydrogens (primary N) is 1. The number of methoxy groups -OCH3 is 1. The molecule has 2 aromatic rings. The number of oxazole rings is 1. The molecule has 1 heterocycles. The summed E-state index contributed by atoms with van der Waals surface area (Å²) in [6, 6.07) is 5.57. The van der Waals surface area contributed by atoms with Crippen LogP contribution in [0.3, 0.4) is 0 Å². The third-order valence-corrected chi connectivity index (χ3v) is 2.66. The van der Waals surface area contributed by atoms with Gasteiger partial charge < -0.3 is 14.9 Å². The summed E-state index contributed by atoms with van der Waals surface area (Å²) < 4.78 is 10.8. The number of fused-ring (bicyclic) bond motifs is 1. The molecule has 0 aliphatic heterocycles. The Morgan fingerprint density at radius 1 is 1.50 bits per heavy atom. The van der Waals surface area contributed by atoms with Crippen molar-refractivity contribution >= 4 is 16.8 Å². The molecule has 1 aromatic carbocycles. The molecule has 0 saturated carbocycles. The van der Waals surface area contributed by atoms with Gasteiger partial charge in [0.25, 0.3) is 0 Å². The van der Waals surface area contributed by atoms with Crippen molar-refractivity contribution in [3.63, 3.8) is 0 Å². The zero-order chi connectivity index (χ0) is 11.5. The van der Waals surface area contributed by atoms with Crippen molar-refractivity contribution in [1.82, 2.24) is 4.98 Å². The van der Waals surface area contributed by atoms with Crippen LogP contribution in [0, 0.1) is 0 Å². The monoisotopic (exact) mass is 220 g/mol. The number of nitrogens with zero attached hydrogens (tertiary/aromatic N) is 1. The zero-order valence-electron chi connectivity index (χ0n) is 9.56. The second-order valence-corrected chi connectivity index (χ2v) is 3.89. The van der Waals surface area contributed by atoms with Crippen molar-refractivity contribution in [2.75, 3.05) is 12.8 Å². The molecular weight excluding hydrogens is 204 g/mol. The molecule has 0 amide bonds. The number of hydrogen-bond acceptors (Lipinski definition) is 4. The Bertz CT molecular complexity index is 479. The molecule has 0 saturated heterocycles. The van der Waals surface area contributed by atoms with Crippen LogP contribution >= 0.6 is 0 Å². The van der Waals surface area contributed by atoms with Crippen LogP contribution in [-0.2, 0) is 11.2 Å². The summed E-state index contributed by atoms with van der Waals surface area (Å²) in [5, 5.41) is 0. The van der Waals surface area contributed by atoms with E-state index in [-0.39, 0.29) is 6.10 Å². The molecule has 0 bridgehead atoms. The van der Waals surface area contributed by atoms with Crippen LogP contribution in [0.5, 0.6) is 0 Å². The number of benzene rings is 1. The fraction of sp³-hybridized carbons (Fsp3) is 0.417. The van der Waals surface area contributed by atoms with E-state index < -0.39 is 0 Å². The van der Waals surface area contributed by atoms with E-state index in [1.54, 1.807) is 7.11 Å². The number of ether oxygens (including phenoxy) is 1. The topological polar surface area (TPSA) is 61.3 Å². The molecule has 0 radical (unpaired) electrons. The number of aromatic nitrogens is 1. The molecule has 16 heavy (non-hydrogen) atoms. The Kier molecular flexibility index (Phi) is 3.10. The highest BCUT2D eigenvalue weighted by Gasteiger charge is 2.09. The minimum atomic E-state index is 0.215. The van der Waals surface area contributed by atoms with E-state index in [1.165, 1.54) is 0 Å². The molecule has 0 spiro atoms. The average Bonchev–Trinajstić information content (AvgIpc) is 2.70. The number of para-hydroxylation sites is 1. The van der Waals surface area contributed by atoms with Crippen LogP contribution in [0.25, 0.3) is 11.1 Å². The predicted octanol–water partition coefficient (Wildman–Crippen LogP) is 2.38. The Balaban J connectivity index is 2.17. The van der Waals surface area contributed by atoms with Crippen LogP contribution < -0.4 is 5.73 Å². The summed E-state index contributed by atoms with van der Waals surface area (Å²) in [4.78, 5) is 4.37. The van der Waals surface area contributed by atoms with Crippen LogP contribution in [0.15, 0.2) is 22.6 Å². The first kappa shape index (κ1) is 11.0. The van der Waals surface area contributed by atoms with E-state index in [1.807, 2.05) is 25.1 Å². The maximum Gasteiger partial charge on any atom is 0.195 e. The quantitative estimate of drug-likeness (QED) is 0.803. The first-order valence-electron chi connectivity index (χ1n) is 5.37. The van der Waals surface area contributed by atoms with E-state index in [0.717, 1.165) is 29.8 Å². The van der Waals surface area contributed by atoms with E-state index in [0.29, 0.717) is 5.69 Å². The summed E-state index contributed by atoms with van der Waals surface area (Å²) >= 11 is 0. The van der Waals surface area contributed by atoms with E-state index in [9.17, 15) is 0 Å². The van der Waals surface area contributed by atoms with E-state index in [2.05, 4.69) is 4.98 Å². The van der Waals surface area contributed by atoms with Gasteiger partial charge in [-0.2, -0.15) is 0 Å². The van der Waals surface area contributed by atoms with Crippen molar-refractivity contribution in [3.8, 4) is 0 Å². The summed E-state index contributed by atoms with van der Waals surface area (Å²) in [5.74, 6) is 0.719. The summed E-state index contributed by atoms with van der Waals surface area (Å²) in [5.41, 5.74) is 7.97. The molecule has 86 valence electrons. The van der Waals surface area contributed by atoms with Crippen molar-refractivity contribution in [3.05, 3.63) is 24.1 Å². The van der Waals surface area contributed by atoms with Gasteiger partial charge in [0.2, 0.25) is 0 Å². The minimum absolute atomic E-state index is 0.215. The van der Waals surface area contributed by atoms with E-state index >= 15 is 0 Å². The van der Waals surface area contributed by atoms with E-state index in [4.69, 9.17) is 14.9 Å². The van der Waals surface area contributed by atoms with Gasteiger partial charge in [0.1, 0.15) is 5.52 Å². The van der Waals surface area contributed by atoms with Crippen LogP contribution in [0.1, 0.15) is 19.2 Å². The zero-order valence-corrected chi connectivity index (χ0v) is 9.56. The van der Waals surface area contributed by atoms with Crippen LogP contribution in [0.2, 0.25) is 0 Å². The van der Waals surface area contributed by atoms with Gasteiger partial charge >= 0.3 is 0 Å². The third-order valence-electron chi connectivity index (χ3n) is 2.66. The number of nitrogen functional groups attached to an aromatic ring is 1. The number of anilines is 1. The highest BCUT2D eigenvalue weighted by molar-refractivity contribution is 5.85. The van der Waals surface area contributed by atoms with Gasteiger partial charge in [0.15, 0.2) is 11.5 Å². The molecular formula is C12H16N2O2. The molecule has 4 nitrogen and oxygen atoms in total. The second kappa shape index (κ2) is 4.53. The van der Waals surface area contributed by atoms with Crippen molar-refractivity contribution in [1.29, 1.82) is 0 Å². The average molecular weight is 220 g/mol. The summed E-state index contributed by atoms with van der Waals surface area (Å²) in [6.45, 7) is 2.02. The number of rotatable bonds is 4. The number of hydrogen-bond donors (Lipinski definition) is 1. The highest BCUT2D eigenvalue weighted by Crippen LogP contribution is 2.21. The molecule has 1 unspecified atom stereocenters. The third kappa shape index (κ3) is 2.17. The lowest BCUT2D eigenvalue weighted by Crippen LogP contribution is -2.05. The van der Waals surface area contributed by atoms with Gasteiger partial charge in [-0.05, 0) is 25.5 Å². The lowest BCUT2D eigenvalue weighted by atomic mass is 10.2. The molecule has 0 aliphatic rings. The maximum absolute atomic E-state index is 5.80. The smallest absolute Gasteiger partial charge is 0.195 e. The fourth-order valence-corrected chi connectivity index (χ4v) is 1.57. The van der Waals surface area contributed by atoms with Gasteiger partial charge in [0.05, 0.1) is 11.8 Å². The van der Waals surface area contributed by atoms with Crippen LogP contribution in [0.4, 0.5) is 5.69 Å². The maximum atomic E-state index is 5.80. The standard InChI is InChI=1S/C12H16N2O2/c1-8(15-2)6-7-11-14-12-9(13)4-3-5-10(12)16-11/h3-5,8H,6-7,13H2,1-2H3. The summed E-state index contributed by atoms with van der Waals surface area (Å²) in [7, 11) is 1.70. The van der Waals surface area contributed by atoms with Gasteiger partial charge in [-0.15, -0.1) is 0 Å². The Morgan fingerprint density at radius 2 is 2.31 bits per heavy atom. The Morgan fingerprint density at radius 3 is 3.00 bits per heavy atom. The number of aryl methyl sites for hydroxylation is 1. The van der Waals surface area contributed by atoms with Crippen LogP contribution in [-0.4, -0.2) is 18.2 Å². The first-order valence-corrected chi connectivity index (χ1v) is 5.37. The molecule has 1 atom stereocenters. The van der Waals surface area contributed by atoms with Crippen molar-refractivity contribution < 1.29 is 9.15 Å². The van der Waals surface area contributed by atoms with Gasteiger partial charge in [-0.3, -0.25) is 0 Å². The summed E-state index contributed by atoms with van der Waals surface area (Å²) in [6.07, 6.45) is 1.87. The largest absolute Gasteiger partial charge is 0.441 e. The van der Waals surface area contributed by atoms with Crippen molar-refractivity contribution in [2.24, 2.45) is 0 Å². The molecule has 0 aliphatic carbocycles. The molecule has 2 rings (SSSR count). The lowest BCUT2D eigenvalue weighted by molar-refractivity contribution is 0.109. The Hall–Kier alpha value is -1.55. The molecule has 2 N–H and O–H groups in total. The fourth-order valence-electron chi connectivity index (χ4n) is 1.57. The minimum Gasteiger partial charge on any atom is -0.441 e. The molecule has 1 aromatic heterocycles. The SMILES string of the molecule is COC(C)CCc1nc2c(N)cccc2o1. The first-order chi connectivity index (χ1) is 7.70. The highest BCUT2D eigenvalue weighted by atomic mass is 16.5. The van der Waals surface area contributed by atoms with Crippen molar-refractivity contribution in [2.45, 2.75) is 25.9 Å².